The monoisotopic (exact) mass is 301 g/mol. The summed E-state index contributed by atoms with van der Waals surface area (Å²) in [6.45, 7) is 0. The van der Waals surface area contributed by atoms with E-state index in [-0.39, 0.29) is 0 Å². The third-order valence-corrected chi connectivity index (χ3v) is 2.46. The first kappa shape index (κ1) is 10.6. The molecule has 0 saturated heterocycles. The van der Waals surface area contributed by atoms with Crippen LogP contribution in [-0.2, 0) is 6.18 Å². The zero-order chi connectivity index (χ0) is 10.1. The lowest BCUT2D eigenvalue weighted by atomic mass is 10.2. The van der Waals surface area contributed by atoms with E-state index in [2.05, 4.69) is 5.32 Å². The SMILES string of the molecule is CNc1ccc(C(F)(F)F)cc1I. The topological polar surface area (TPSA) is 12.0 Å². The summed E-state index contributed by atoms with van der Waals surface area (Å²) in [7, 11) is 1.67. The molecule has 0 aromatic heterocycles. The van der Waals surface area contributed by atoms with Crippen molar-refractivity contribution in [1.82, 2.24) is 0 Å². The van der Waals surface area contributed by atoms with E-state index in [1.54, 1.807) is 7.05 Å². The Labute approximate surface area is 87.5 Å². The van der Waals surface area contributed by atoms with Gasteiger partial charge in [-0.2, -0.15) is 13.2 Å². The van der Waals surface area contributed by atoms with E-state index in [9.17, 15) is 13.2 Å². The molecule has 1 nitrogen and oxygen atoms in total. The van der Waals surface area contributed by atoms with E-state index in [1.807, 2.05) is 22.6 Å². The standard InChI is InChI=1S/C8H7F3IN/c1-13-7-3-2-5(4-6(7)12)8(9,10)11/h2-4,13H,1H3. The number of hydrogen-bond donors (Lipinski definition) is 1. The molecular weight excluding hydrogens is 294 g/mol. The minimum absolute atomic E-state index is 0.565. The van der Waals surface area contributed by atoms with E-state index >= 15 is 0 Å². The Hall–Kier alpha value is -0.460. The van der Waals surface area contributed by atoms with Gasteiger partial charge in [-0.25, -0.2) is 0 Å². The van der Waals surface area contributed by atoms with Gasteiger partial charge in [-0.3, -0.25) is 0 Å². The fraction of sp³-hybridized carbons (Fsp3) is 0.250. The molecule has 0 heterocycles. The molecule has 0 saturated carbocycles. The number of benzene rings is 1. The second kappa shape index (κ2) is 3.73. The zero-order valence-electron chi connectivity index (χ0n) is 6.74. The van der Waals surface area contributed by atoms with E-state index < -0.39 is 11.7 Å². The Bertz CT molecular complexity index is 309. The van der Waals surface area contributed by atoms with Crippen molar-refractivity contribution in [3.8, 4) is 0 Å². The molecule has 5 heteroatoms. The van der Waals surface area contributed by atoms with Gasteiger partial charge in [-0.05, 0) is 40.8 Å². The second-order valence-corrected chi connectivity index (χ2v) is 3.60. The minimum Gasteiger partial charge on any atom is -0.387 e. The smallest absolute Gasteiger partial charge is 0.387 e. The lowest BCUT2D eigenvalue weighted by Crippen LogP contribution is -2.05. The van der Waals surface area contributed by atoms with E-state index in [0.717, 1.165) is 12.1 Å². The summed E-state index contributed by atoms with van der Waals surface area (Å²) in [5.41, 5.74) is 0.0875. The number of halogens is 4. The number of rotatable bonds is 1. The fourth-order valence-electron chi connectivity index (χ4n) is 0.894. The molecule has 1 rings (SSSR count). The van der Waals surface area contributed by atoms with E-state index in [1.165, 1.54) is 6.07 Å². The first-order valence-electron chi connectivity index (χ1n) is 3.49. The first-order chi connectivity index (χ1) is 5.95. The van der Waals surface area contributed by atoms with Crippen molar-refractivity contribution in [2.75, 3.05) is 12.4 Å². The summed E-state index contributed by atoms with van der Waals surface area (Å²) < 4.78 is 37.1. The van der Waals surface area contributed by atoms with Crippen molar-refractivity contribution in [3.63, 3.8) is 0 Å². The van der Waals surface area contributed by atoms with Crippen molar-refractivity contribution < 1.29 is 13.2 Å². The number of hydrogen-bond acceptors (Lipinski definition) is 1. The summed E-state index contributed by atoms with van der Waals surface area (Å²) in [6.07, 6.45) is -4.26. The van der Waals surface area contributed by atoms with Crippen LogP contribution in [0.25, 0.3) is 0 Å². The van der Waals surface area contributed by atoms with Crippen molar-refractivity contribution in [3.05, 3.63) is 27.3 Å². The molecule has 0 unspecified atom stereocenters. The van der Waals surface area contributed by atoms with Gasteiger partial charge in [0, 0.05) is 16.3 Å². The average Bonchev–Trinajstić information content (AvgIpc) is 2.02. The van der Waals surface area contributed by atoms with Crippen LogP contribution in [0.1, 0.15) is 5.56 Å². The van der Waals surface area contributed by atoms with Crippen LogP contribution in [0, 0.1) is 3.57 Å². The van der Waals surface area contributed by atoms with Gasteiger partial charge in [0.25, 0.3) is 0 Å². The Morgan fingerprint density at radius 1 is 1.31 bits per heavy atom. The van der Waals surface area contributed by atoms with Crippen LogP contribution < -0.4 is 5.32 Å². The van der Waals surface area contributed by atoms with Gasteiger partial charge in [-0.1, -0.05) is 0 Å². The molecule has 0 fully saturated rings. The third kappa shape index (κ3) is 2.49. The highest BCUT2D eigenvalue weighted by atomic mass is 127. The predicted molar refractivity (Wildman–Crippen MR) is 53.7 cm³/mol. The first-order valence-corrected chi connectivity index (χ1v) is 4.57. The maximum absolute atomic E-state index is 12.2. The number of alkyl halides is 3. The molecule has 72 valence electrons. The summed E-state index contributed by atoms with van der Waals surface area (Å²) in [4.78, 5) is 0. The molecule has 13 heavy (non-hydrogen) atoms. The van der Waals surface area contributed by atoms with Gasteiger partial charge >= 0.3 is 6.18 Å². The van der Waals surface area contributed by atoms with E-state index in [0.29, 0.717) is 9.26 Å². The number of nitrogens with one attached hydrogen (secondary N) is 1. The molecular formula is C8H7F3IN. The van der Waals surface area contributed by atoms with Crippen molar-refractivity contribution in [1.29, 1.82) is 0 Å². The van der Waals surface area contributed by atoms with Crippen molar-refractivity contribution in [2.45, 2.75) is 6.18 Å². The van der Waals surface area contributed by atoms with Crippen molar-refractivity contribution >= 4 is 28.3 Å². The van der Waals surface area contributed by atoms with Crippen LogP contribution in [-0.4, -0.2) is 7.05 Å². The molecule has 0 spiro atoms. The summed E-state index contributed by atoms with van der Waals surface area (Å²) in [5.74, 6) is 0. The molecule has 0 amide bonds. The molecule has 0 radical (unpaired) electrons. The predicted octanol–water partition coefficient (Wildman–Crippen LogP) is 3.35. The maximum atomic E-state index is 12.2. The summed E-state index contributed by atoms with van der Waals surface area (Å²) in [5, 5.41) is 2.80. The molecule has 1 aromatic carbocycles. The van der Waals surface area contributed by atoms with Gasteiger partial charge < -0.3 is 5.32 Å². The van der Waals surface area contributed by atoms with Gasteiger partial charge in [0.1, 0.15) is 0 Å². The molecule has 0 atom stereocenters. The summed E-state index contributed by atoms with van der Waals surface area (Å²) in [6, 6.07) is 3.60. The van der Waals surface area contributed by atoms with Gasteiger partial charge in [0.2, 0.25) is 0 Å². The van der Waals surface area contributed by atoms with Crippen molar-refractivity contribution in [2.24, 2.45) is 0 Å². The summed E-state index contributed by atoms with van der Waals surface area (Å²) >= 11 is 1.86. The largest absolute Gasteiger partial charge is 0.416 e. The van der Waals surface area contributed by atoms with Gasteiger partial charge in [0.05, 0.1) is 5.56 Å². The Kier molecular flexibility index (Phi) is 3.05. The lowest BCUT2D eigenvalue weighted by molar-refractivity contribution is -0.137. The van der Waals surface area contributed by atoms with Gasteiger partial charge in [-0.15, -0.1) is 0 Å². The molecule has 1 N–H and O–H groups in total. The molecule has 1 aromatic rings. The van der Waals surface area contributed by atoms with Crippen LogP contribution in [0.15, 0.2) is 18.2 Å². The van der Waals surface area contributed by atoms with Gasteiger partial charge in [0.15, 0.2) is 0 Å². The molecule has 0 aliphatic rings. The van der Waals surface area contributed by atoms with Crippen LogP contribution in [0.2, 0.25) is 0 Å². The molecule has 0 aliphatic carbocycles. The fourth-order valence-corrected chi connectivity index (χ4v) is 1.68. The Morgan fingerprint density at radius 2 is 1.92 bits per heavy atom. The Balaban J connectivity index is 3.10. The van der Waals surface area contributed by atoms with Crippen LogP contribution >= 0.6 is 22.6 Å². The lowest BCUT2D eigenvalue weighted by Gasteiger charge is -2.09. The highest BCUT2D eigenvalue weighted by Crippen LogP contribution is 2.32. The average molecular weight is 301 g/mol. The molecule has 0 bridgehead atoms. The normalized spacial score (nSPS) is 11.5. The highest BCUT2D eigenvalue weighted by molar-refractivity contribution is 14.1. The zero-order valence-corrected chi connectivity index (χ0v) is 8.90. The van der Waals surface area contributed by atoms with Crippen LogP contribution in [0.3, 0.4) is 0 Å². The van der Waals surface area contributed by atoms with Crippen LogP contribution in [0.5, 0.6) is 0 Å². The quantitative estimate of drug-likeness (QED) is 0.784. The maximum Gasteiger partial charge on any atom is 0.416 e. The third-order valence-electron chi connectivity index (χ3n) is 1.57. The second-order valence-electron chi connectivity index (χ2n) is 2.44. The van der Waals surface area contributed by atoms with Crippen LogP contribution in [0.4, 0.5) is 18.9 Å². The molecule has 0 aliphatic heterocycles. The Morgan fingerprint density at radius 3 is 2.31 bits per heavy atom. The number of anilines is 1. The van der Waals surface area contributed by atoms with E-state index in [4.69, 9.17) is 0 Å². The minimum atomic E-state index is -4.26. The highest BCUT2D eigenvalue weighted by Gasteiger charge is 2.30.